The van der Waals surface area contributed by atoms with Crippen molar-refractivity contribution in [2.75, 3.05) is 31.4 Å². The molecule has 0 saturated heterocycles. The summed E-state index contributed by atoms with van der Waals surface area (Å²) in [4.78, 5) is 42.6. The SMILES string of the molecule is CCCCN(C)C(=O)C1=Cc2nn(Cc3ncc(C)c(OC)c3C)c3nc(N(C(=O)O)C(C)(C)C)nc(c23)SC1. The van der Waals surface area contributed by atoms with E-state index in [0.717, 1.165) is 40.3 Å². The lowest BCUT2D eigenvalue weighted by Gasteiger charge is -2.31. The van der Waals surface area contributed by atoms with Gasteiger partial charge in [0.25, 0.3) is 0 Å². The summed E-state index contributed by atoms with van der Waals surface area (Å²) < 4.78 is 7.30. The van der Waals surface area contributed by atoms with Crippen molar-refractivity contribution in [3.8, 4) is 5.75 Å². The van der Waals surface area contributed by atoms with Gasteiger partial charge in [-0.25, -0.2) is 19.4 Å². The summed E-state index contributed by atoms with van der Waals surface area (Å²) in [7, 11) is 3.43. The van der Waals surface area contributed by atoms with Gasteiger partial charge in [-0.05, 0) is 47.1 Å². The zero-order chi connectivity index (χ0) is 29.4. The highest BCUT2D eigenvalue weighted by molar-refractivity contribution is 7.99. The molecular formula is C28H37N7O4S. The molecule has 0 fully saturated rings. The van der Waals surface area contributed by atoms with E-state index in [9.17, 15) is 14.7 Å². The first-order chi connectivity index (χ1) is 18.9. The zero-order valence-electron chi connectivity index (χ0n) is 24.4. The number of carbonyl (C=O) groups excluding carboxylic acids is 1. The molecule has 1 N–H and O–H groups in total. The van der Waals surface area contributed by atoms with Gasteiger partial charge in [0.05, 0.1) is 30.4 Å². The van der Waals surface area contributed by atoms with E-state index in [1.807, 2.05) is 19.9 Å². The first kappa shape index (κ1) is 29.3. The molecule has 214 valence electrons. The molecule has 0 spiro atoms. The predicted molar refractivity (Wildman–Crippen MR) is 156 cm³/mol. The lowest BCUT2D eigenvalue weighted by molar-refractivity contribution is -0.125. The third-order valence-corrected chi connectivity index (χ3v) is 7.85. The van der Waals surface area contributed by atoms with Crippen molar-refractivity contribution in [3.63, 3.8) is 0 Å². The van der Waals surface area contributed by atoms with E-state index in [-0.39, 0.29) is 18.4 Å². The second-order valence-electron chi connectivity index (χ2n) is 10.9. The number of ether oxygens (including phenoxy) is 1. The highest BCUT2D eigenvalue weighted by atomic mass is 32.2. The molecule has 11 nitrogen and oxygen atoms in total. The summed E-state index contributed by atoms with van der Waals surface area (Å²) in [6.45, 7) is 12.3. The largest absolute Gasteiger partial charge is 0.496 e. The number of carboxylic acid groups (broad SMARTS) is 1. The molecule has 0 radical (unpaired) electrons. The molecular weight excluding hydrogens is 530 g/mol. The maximum absolute atomic E-state index is 13.3. The fourth-order valence-corrected chi connectivity index (χ4v) is 5.72. The standard InChI is InChI=1S/C28H37N7O4S/c1-9-10-11-33(7)25(36)18-12-19-21-23(34(32-19)14-20-17(3)22(39-8)16(2)13-29-20)30-26(31-24(21)40-15-18)35(27(37)38)28(4,5)6/h12-13H,9-11,14-15H2,1-8H3,(H,37,38). The van der Waals surface area contributed by atoms with Crippen LogP contribution in [0.1, 0.15) is 63.1 Å². The average Bonchev–Trinajstić information content (AvgIpc) is 3.10. The predicted octanol–water partition coefficient (Wildman–Crippen LogP) is 4.93. The molecule has 0 aliphatic carbocycles. The van der Waals surface area contributed by atoms with Crippen LogP contribution in [-0.4, -0.2) is 78.7 Å². The number of methoxy groups -OCH3 is 1. The Balaban J connectivity index is 1.90. The molecule has 3 aromatic rings. The molecule has 12 heteroatoms. The molecule has 4 heterocycles. The number of nitrogens with zero attached hydrogens (tertiary/aromatic N) is 7. The minimum absolute atomic E-state index is 0.0590. The Labute approximate surface area is 238 Å². The van der Waals surface area contributed by atoms with Crippen LogP contribution in [-0.2, 0) is 11.3 Å². The number of rotatable bonds is 8. The number of hydrogen-bond donors (Lipinski definition) is 1. The fraction of sp³-hybridized carbons (Fsp3) is 0.500. The number of unbranched alkanes of at least 4 members (excludes halogenated alkanes) is 1. The van der Waals surface area contributed by atoms with Crippen molar-refractivity contribution in [2.45, 2.75) is 71.5 Å². The second-order valence-corrected chi connectivity index (χ2v) is 11.9. The van der Waals surface area contributed by atoms with Crippen LogP contribution in [0.3, 0.4) is 0 Å². The number of aromatic nitrogens is 5. The van der Waals surface area contributed by atoms with Gasteiger partial charge in [-0.3, -0.25) is 9.78 Å². The topological polar surface area (TPSA) is 127 Å². The van der Waals surface area contributed by atoms with Crippen LogP contribution in [0.15, 0.2) is 16.8 Å². The van der Waals surface area contributed by atoms with Gasteiger partial charge in [-0.1, -0.05) is 13.3 Å². The van der Waals surface area contributed by atoms with Gasteiger partial charge in [0.15, 0.2) is 5.65 Å². The molecule has 0 saturated carbocycles. The van der Waals surface area contributed by atoms with Crippen LogP contribution < -0.4 is 9.64 Å². The van der Waals surface area contributed by atoms with E-state index in [4.69, 9.17) is 19.8 Å². The first-order valence-electron chi connectivity index (χ1n) is 13.3. The Morgan fingerprint density at radius 3 is 2.58 bits per heavy atom. The van der Waals surface area contributed by atoms with Crippen LogP contribution in [0.2, 0.25) is 0 Å². The molecule has 4 rings (SSSR count). The number of aryl methyl sites for hydroxylation is 1. The summed E-state index contributed by atoms with van der Waals surface area (Å²) in [5.74, 6) is 1.13. The van der Waals surface area contributed by atoms with Crippen molar-refractivity contribution < 1.29 is 19.4 Å². The lowest BCUT2D eigenvalue weighted by atomic mass is 10.1. The number of likely N-dealkylation sites (N-methyl/N-ethyl adjacent to an activating group) is 1. The van der Waals surface area contributed by atoms with Crippen molar-refractivity contribution in [1.82, 2.24) is 29.6 Å². The van der Waals surface area contributed by atoms with E-state index >= 15 is 0 Å². The van der Waals surface area contributed by atoms with Gasteiger partial charge in [0.1, 0.15) is 10.8 Å². The highest BCUT2D eigenvalue weighted by Gasteiger charge is 2.33. The van der Waals surface area contributed by atoms with Crippen LogP contribution in [0, 0.1) is 13.8 Å². The summed E-state index contributed by atoms with van der Waals surface area (Å²) in [5.41, 5.74) is 3.41. The Kier molecular flexibility index (Phi) is 8.38. The summed E-state index contributed by atoms with van der Waals surface area (Å²) in [6, 6.07) is 0. The van der Waals surface area contributed by atoms with E-state index in [1.165, 1.54) is 11.8 Å². The summed E-state index contributed by atoms with van der Waals surface area (Å²) in [5, 5.41) is 16.2. The monoisotopic (exact) mass is 567 g/mol. The van der Waals surface area contributed by atoms with Crippen LogP contribution >= 0.6 is 11.8 Å². The molecule has 3 aromatic heterocycles. The number of pyridine rings is 1. The van der Waals surface area contributed by atoms with Gasteiger partial charge in [0, 0.05) is 47.8 Å². The molecule has 0 unspecified atom stereocenters. The minimum atomic E-state index is -1.16. The van der Waals surface area contributed by atoms with Crippen LogP contribution in [0.25, 0.3) is 17.1 Å². The molecule has 0 bridgehead atoms. The number of hydrogen-bond acceptors (Lipinski definition) is 8. The molecule has 1 aliphatic rings. The third kappa shape index (κ3) is 5.63. The highest BCUT2D eigenvalue weighted by Crippen LogP contribution is 2.37. The van der Waals surface area contributed by atoms with Crippen molar-refractivity contribution in [1.29, 1.82) is 0 Å². The molecule has 40 heavy (non-hydrogen) atoms. The van der Waals surface area contributed by atoms with E-state index < -0.39 is 11.6 Å². The maximum Gasteiger partial charge on any atom is 0.414 e. The zero-order valence-corrected chi connectivity index (χ0v) is 25.2. The smallest absolute Gasteiger partial charge is 0.414 e. The van der Waals surface area contributed by atoms with Gasteiger partial charge in [-0.15, -0.1) is 11.8 Å². The molecule has 1 aliphatic heterocycles. The Hall–Kier alpha value is -3.67. The Morgan fingerprint density at radius 2 is 1.95 bits per heavy atom. The number of thioether (sulfide) groups is 1. The van der Waals surface area contributed by atoms with E-state index in [2.05, 4.69) is 11.9 Å². The minimum Gasteiger partial charge on any atom is -0.496 e. The van der Waals surface area contributed by atoms with Gasteiger partial charge in [0.2, 0.25) is 11.9 Å². The van der Waals surface area contributed by atoms with Gasteiger partial charge >= 0.3 is 6.09 Å². The van der Waals surface area contributed by atoms with Crippen molar-refractivity contribution in [3.05, 3.63) is 34.3 Å². The Bertz CT molecular complexity index is 1490. The quantitative estimate of drug-likeness (QED) is 0.377. The summed E-state index contributed by atoms with van der Waals surface area (Å²) in [6.07, 6.45) is 4.32. The maximum atomic E-state index is 13.3. The molecule has 0 aromatic carbocycles. The fourth-order valence-electron chi connectivity index (χ4n) is 4.74. The van der Waals surface area contributed by atoms with Crippen molar-refractivity contribution in [2.24, 2.45) is 0 Å². The molecule has 2 amide bonds. The van der Waals surface area contributed by atoms with Crippen LogP contribution in [0.5, 0.6) is 5.75 Å². The summed E-state index contributed by atoms with van der Waals surface area (Å²) >= 11 is 1.39. The normalized spacial score (nSPS) is 13.2. The third-order valence-electron chi connectivity index (χ3n) is 6.83. The first-order valence-corrected chi connectivity index (χ1v) is 14.3. The second kappa shape index (κ2) is 11.4. The Morgan fingerprint density at radius 1 is 1.23 bits per heavy atom. The van der Waals surface area contributed by atoms with Gasteiger partial charge in [-0.2, -0.15) is 10.1 Å². The van der Waals surface area contributed by atoms with Gasteiger partial charge < -0.3 is 14.7 Å². The number of carbonyl (C=O) groups is 2. The molecule has 0 atom stereocenters. The van der Waals surface area contributed by atoms with E-state index in [0.29, 0.717) is 39.6 Å². The number of amides is 2. The number of anilines is 1. The van der Waals surface area contributed by atoms with Crippen molar-refractivity contribution >= 4 is 46.8 Å². The van der Waals surface area contributed by atoms with Crippen LogP contribution in [0.4, 0.5) is 10.7 Å². The van der Waals surface area contributed by atoms with E-state index in [1.54, 1.807) is 50.7 Å². The lowest BCUT2D eigenvalue weighted by Crippen LogP contribution is -2.46. The average molecular weight is 568 g/mol.